The van der Waals surface area contributed by atoms with E-state index in [1.54, 1.807) is 29.1 Å². The third-order valence-electron chi connectivity index (χ3n) is 4.07. The van der Waals surface area contributed by atoms with Crippen LogP contribution >= 0.6 is 11.8 Å². The molecule has 1 saturated heterocycles. The van der Waals surface area contributed by atoms with Crippen LogP contribution in [-0.2, 0) is 23.2 Å². The number of carbonyl (C=O) groups is 2. The molecule has 2 amide bonds. The van der Waals surface area contributed by atoms with Crippen LogP contribution in [0.3, 0.4) is 0 Å². The molecule has 132 valence electrons. The Labute approximate surface area is 150 Å². The Morgan fingerprint density at radius 2 is 2.24 bits per heavy atom. The maximum absolute atomic E-state index is 12.3. The number of carbonyl (C=O) groups excluding carboxylic acids is 2. The molecule has 0 aliphatic carbocycles. The maximum Gasteiger partial charge on any atom is 0.225 e. The van der Waals surface area contributed by atoms with Crippen LogP contribution in [0.25, 0.3) is 0 Å². The first kappa shape index (κ1) is 17.5. The fourth-order valence-corrected chi connectivity index (χ4v) is 3.53. The number of thioether (sulfide) groups is 1. The lowest BCUT2D eigenvalue weighted by atomic mass is 10.1. The normalized spacial score (nSPS) is 17.1. The first-order valence-corrected chi connectivity index (χ1v) is 9.17. The average Bonchev–Trinajstić information content (AvgIpc) is 3.18. The summed E-state index contributed by atoms with van der Waals surface area (Å²) in [6.45, 7) is 1.47. The van der Waals surface area contributed by atoms with Crippen molar-refractivity contribution in [1.29, 1.82) is 0 Å². The van der Waals surface area contributed by atoms with E-state index in [1.165, 1.54) is 0 Å². The first-order chi connectivity index (χ1) is 12.1. The second-order valence-corrected chi connectivity index (χ2v) is 7.02. The zero-order valence-corrected chi connectivity index (χ0v) is 14.9. The van der Waals surface area contributed by atoms with Gasteiger partial charge in [0.25, 0.3) is 0 Å². The molecule has 1 aliphatic heterocycles. The molecule has 0 spiro atoms. The number of imidazole rings is 1. The van der Waals surface area contributed by atoms with E-state index in [-0.39, 0.29) is 24.2 Å². The number of aryl methyl sites for hydroxylation is 1. The van der Waals surface area contributed by atoms with Gasteiger partial charge < -0.3 is 14.8 Å². The lowest BCUT2D eigenvalue weighted by Gasteiger charge is -2.16. The summed E-state index contributed by atoms with van der Waals surface area (Å²) in [6.07, 6.45) is 5.62. The van der Waals surface area contributed by atoms with Crippen LogP contribution in [-0.4, -0.2) is 50.1 Å². The number of rotatable bonds is 7. The minimum Gasteiger partial charge on any atom is -0.355 e. The van der Waals surface area contributed by atoms with Crippen molar-refractivity contribution in [2.24, 2.45) is 13.0 Å². The van der Waals surface area contributed by atoms with Gasteiger partial charge in [-0.2, -0.15) is 0 Å². The predicted octanol–water partition coefficient (Wildman–Crippen LogP) is 1.07. The van der Waals surface area contributed by atoms with E-state index in [0.717, 1.165) is 16.6 Å². The second kappa shape index (κ2) is 8.15. The van der Waals surface area contributed by atoms with E-state index in [9.17, 15) is 9.59 Å². The van der Waals surface area contributed by atoms with Crippen molar-refractivity contribution in [3.05, 3.63) is 42.5 Å². The molecular weight excluding hydrogens is 338 g/mol. The number of aromatic nitrogens is 3. The summed E-state index contributed by atoms with van der Waals surface area (Å²) in [5.41, 5.74) is 0.836. The van der Waals surface area contributed by atoms with Gasteiger partial charge in [-0.05, 0) is 12.1 Å². The number of likely N-dealkylation sites (tertiary alicyclic amines) is 1. The van der Waals surface area contributed by atoms with Crippen LogP contribution in [0, 0.1) is 5.92 Å². The lowest BCUT2D eigenvalue weighted by Crippen LogP contribution is -2.34. The molecule has 1 aliphatic rings. The Morgan fingerprint density at radius 3 is 2.96 bits per heavy atom. The Morgan fingerprint density at radius 1 is 1.36 bits per heavy atom. The van der Waals surface area contributed by atoms with E-state index >= 15 is 0 Å². The van der Waals surface area contributed by atoms with Crippen molar-refractivity contribution in [1.82, 2.24) is 24.8 Å². The molecular formula is C17H21N5O2S. The van der Waals surface area contributed by atoms with E-state index in [1.807, 2.05) is 36.0 Å². The van der Waals surface area contributed by atoms with Crippen LogP contribution in [0.15, 0.2) is 41.9 Å². The van der Waals surface area contributed by atoms with Crippen LogP contribution < -0.4 is 5.32 Å². The average molecular weight is 359 g/mol. The predicted molar refractivity (Wildman–Crippen MR) is 94.7 cm³/mol. The molecule has 0 radical (unpaired) electrons. The molecule has 0 bridgehead atoms. The molecule has 1 N–H and O–H groups in total. The highest BCUT2D eigenvalue weighted by Crippen LogP contribution is 2.20. The molecule has 3 rings (SSSR count). The molecule has 0 saturated carbocycles. The van der Waals surface area contributed by atoms with E-state index in [0.29, 0.717) is 19.6 Å². The third-order valence-corrected chi connectivity index (χ3v) is 5.13. The summed E-state index contributed by atoms with van der Waals surface area (Å²) >= 11 is 1.59. The zero-order valence-electron chi connectivity index (χ0n) is 14.1. The van der Waals surface area contributed by atoms with E-state index in [2.05, 4.69) is 15.3 Å². The molecule has 3 heterocycles. The summed E-state index contributed by atoms with van der Waals surface area (Å²) in [7, 11) is 1.94. The van der Waals surface area contributed by atoms with Gasteiger partial charge in [-0.15, -0.1) is 0 Å². The van der Waals surface area contributed by atoms with Crippen LogP contribution in [0.4, 0.5) is 0 Å². The van der Waals surface area contributed by atoms with Gasteiger partial charge in [0.15, 0.2) is 5.16 Å². The standard InChI is InChI=1S/C17H21N5O2S/c1-21-8-6-20-17(21)25-9-7-19-16(24)13-10-15(23)22(11-13)12-14-4-2-3-5-18-14/h2-6,8,13H,7,9-12H2,1H3,(H,19,24)/t13-/m1/s1. The second-order valence-electron chi connectivity index (χ2n) is 5.96. The highest BCUT2D eigenvalue weighted by atomic mass is 32.2. The van der Waals surface area contributed by atoms with Gasteiger partial charge in [0.1, 0.15) is 0 Å². The molecule has 1 fully saturated rings. The largest absolute Gasteiger partial charge is 0.355 e. The Bertz CT molecular complexity index is 734. The molecule has 0 unspecified atom stereocenters. The topological polar surface area (TPSA) is 80.1 Å². The molecule has 1 atom stereocenters. The van der Waals surface area contributed by atoms with Gasteiger partial charge in [0, 0.05) is 50.9 Å². The van der Waals surface area contributed by atoms with Crippen molar-refractivity contribution in [2.45, 2.75) is 18.1 Å². The van der Waals surface area contributed by atoms with Crippen molar-refractivity contribution in [3.63, 3.8) is 0 Å². The summed E-state index contributed by atoms with van der Waals surface area (Å²) in [6, 6.07) is 5.62. The van der Waals surface area contributed by atoms with Gasteiger partial charge in [0.2, 0.25) is 11.8 Å². The van der Waals surface area contributed by atoms with Gasteiger partial charge in [-0.25, -0.2) is 4.98 Å². The van der Waals surface area contributed by atoms with E-state index < -0.39 is 0 Å². The van der Waals surface area contributed by atoms with Crippen molar-refractivity contribution < 1.29 is 9.59 Å². The minimum atomic E-state index is -0.283. The van der Waals surface area contributed by atoms with Gasteiger partial charge in [0.05, 0.1) is 18.2 Å². The quantitative estimate of drug-likeness (QED) is 0.591. The third kappa shape index (κ3) is 4.60. The van der Waals surface area contributed by atoms with Crippen LogP contribution in [0.2, 0.25) is 0 Å². The fraction of sp³-hybridized carbons (Fsp3) is 0.412. The summed E-state index contributed by atoms with van der Waals surface area (Å²) < 4.78 is 1.94. The molecule has 2 aromatic rings. The lowest BCUT2D eigenvalue weighted by molar-refractivity contribution is -0.129. The monoisotopic (exact) mass is 359 g/mol. The van der Waals surface area contributed by atoms with Crippen LogP contribution in [0.5, 0.6) is 0 Å². The summed E-state index contributed by atoms with van der Waals surface area (Å²) in [5.74, 6) is 0.411. The maximum atomic E-state index is 12.3. The number of nitrogens with one attached hydrogen (secondary N) is 1. The number of amides is 2. The molecule has 0 aromatic carbocycles. The van der Waals surface area contributed by atoms with Crippen molar-refractivity contribution in [3.8, 4) is 0 Å². The zero-order chi connectivity index (χ0) is 17.6. The fourth-order valence-electron chi connectivity index (χ4n) is 2.74. The van der Waals surface area contributed by atoms with Gasteiger partial charge in [-0.1, -0.05) is 17.8 Å². The number of hydrogen-bond donors (Lipinski definition) is 1. The molecule has 7 nitrogen and oxygen atoms in total. The number of hydrogen-bond acceptors (Lipinski definition) is 5. The molecule has 8 heteroatoms. The molecule has 2 aromatic heterocycles. The summed E-state index contributed by atoms with van der Waals surface area (Å²) in [4.78, 5) is 34.6. The number of pyridine rings is 1. The van der Waals surface area contributed by atoms with Crippen LogP contribution in [0.1, 0.15) is 12.1 Å². The Hall–Kier alpha value is -2.35. The highest BCUT2D eigenvalue weighted by Gasteiger charge is 2.34. The Balaban J connectivity index is 1.42. The van der Waals surface area contributed by atoms with Crippen molar-refractivity contribution >= 4 is 23.6 Å². The summed E-state index contributed by atoms with van der Waals surface area (Å²) in [5, 5.41) is 3.84. The minimum absolute atomic E-state index is 0.00758. The molecule has 25 heavy (non-hydrogen) atoms. The Kier molecular flexibility index (Phi) is 5.70. The number of nitrogens with zero attached hydrogens (tertiary/aromatic N) is 4. The van der Waals surface area contributed by atoms with Gasteiger partial charge >= 0.3 is 0 Å². The van der Waals surface area contributed by atoms with Crippen molar-refractivity contribution in [2.75, 3.05) is 18.8 Å². The smallest absolute Gasteiger partial charge is 0.225 e. The van der Waals surface area contributed by atoms with E-state index in [4.69, 9.17) is 0 Å². The highest BCUT2D eigenvalue weighted by molar-refractivity contribution is 7.99. The first-order valence-electron chi connectivity index (χ1n) is 8.19. The SMILES string of the molecule is Cn1ccnc1SCCNC(=O)[C@@H]1CC(=O)N(Cc2ccccn2)C1. The van der Waals surface area contributed by atoms with Gasteiger partial charge in [-0.3, -0.25) is 14.6 Å².